The van der Waals surface area contributed by atoms with Crippen LogP contribution in [0.1, 0.15) is 25.3 Å². The number of nitrogens with one attached hydrogen (secondary N) is 1. The average molecular weight is 410 g/mol. The van der Waals surface area contributed by atoms with Gasteiger partial charge in [0.25, 0.3) is 0 Å². The lowest BCUT2D eigenvalue weighted by Crippen LogP contribution is -2.42. The predicted molar refractivity (Wildman–Crippen MR) is 103 cm³/mol. The van der Waals surface area contributed by atoms with Crippen molar-refractivity contribution in [3.8, 4) is 0 Å². The molecule has 3 N–H and O–H groups in total. The van der Waals surface area contributed by atoms with Gasteiger partial charge in [-0.1, -0.05) is 41.4 Å². The Kier molecular flexibility index (Phi) is 12.1. The second-order valence-electron chi connectivity index (χ2n) is 5.24. The van der Waals surface area contributed by atoms with Gasteiger partial charge >= 0.3 is 0 Å². The molecule has 0 bridgehead atoms. The summed E-state index contributed by atoms with van der Waals surface area (Å²) in [5, 5.41) is 2.99. The molecule has 0 fully saturated rings. The van der Waals surface area contributed by atoms with Crippen LogP contribution in [0.3, 0.4) is 0 Å². The number of nitrogens with two attached hydrogens (primary N) is 1. The Morgan fingerprint density at radius 3 is 2.77 bits per heavy atom. The highest BCUT2D eigenvalue weighted by atomic mass is 79.9. The summed E-state index contributed by atoms with van der Waals surface area (Å²) in [6.07, 6.45) is 4.76. The number of rotatable bonds is 9. The molecule has 126 valence electrons. The van der Waals surface area contributed by atoms with E-state index in [0.717, 1.165) is 29.5 Å². The SMILES string of the molecule is CCC(CNC(=O)[C@@H](N)CCSC)Cc1cccc(Br)c1.Cl. The Balaban J connectivity index is 0.00000441. The third kappa shape index (κ3) is 8.42. The molecule has 1 unspecified atom stereocenters. The van der Waals surface area contributed by atoms with Crippen LogP contribution in [0, 0.1) is 5.92 Å². The van der Waals surface area contributed by atoms with Crippen LogP contribution in [0.25, 0.3) is 0 Å². The Bertz CT molecular complexity index is 448. The van der Waals surface area contributed by atoms with Crippen LogP contribution in [0.15, 0.2) is 28.7 Å². The topological polar surface area (TPSA) is 55.1 Å². The first-order valence-electron chi connectivity index (χ1n) is 7.33. The van der Waals surface area contributed by atoms with Crippen molar-refractivity contribution in [2.75, 3.05) is 18.6 Å². The highest BCUT2D eigenvalue weighted by Crippen LogP contribution is 2.16. The largest absolute Gasteiger partial charge is 0.354 e. The van der Waals surface area contributed by atoms with Crippen molar-refractivity contribution in [1.82, 2.24) is 5.32 Å². The van der Waals surface area contributed by atoms with Crippen molar-refractivity contribution in [3.05, 3.63) is 34.3 Å². The maximum atomic E-state index is 11.9. The molecule has 0 aliphatic rings. The summed E-state index contributed by atoms with van der Waals surface area (Å²) in [7, 11) is 0. The molecular formula is C16H26BrClN2OS. The molecule has 0 saturated carbocycles. The van der Waals surface area contributed by atoms with Crippen LogP contribution < -0.4 is 11.1 Å². The monoisotopic (exact) mass is 408 g/mol. The molecule has 22 heavy (non-hydrogen) atoms. The van der Waals surface area contributed by atoms with Crippen LogP contribution in [-0.4, -0.2) is 30.5 Å². The van der Waals surface area contributed by atoms with Gasteiger partial charge in [-0.25, -0.2) is 0 Å². The Hall–Kier alpha value is -0.230. The molecule has 6 heteroatoms. The lowest BCUT2D eigenvalue weighted by molar-refractivity contribution is -0.122. The zero-order valence-electron chi connectivity index (χ0n) is 13.2. The summed E-state index contributed by atoms with van der Waals surface area (Å²) in [6, 6.07) is 7.94. The molecule has 0 aromatic heterocycles. The minimum atomic E-state index is -0.388. The Labute approximate surface area is 152 Å². The number of amides is 1. The van der Waals surface area contributed by atoms with Crippen molar-refractivity contribution in [2.45, 2.75) is 32.2 Å². The summed E-state index contributed by atoms with van der Waals surface area (Å²) in [4.78, 5) is 11.9. The molecule has 0 aliphatic heterocycles. The van der Waals surface area contributed by atoms with Crippen LogP contribution >= 0.6 is 40.1 Å². The van der Waals surface area contributed by atoms with E-state index in [9.17, 15) is 4.79 Å². The number of thioether (sulfide) groups is 1. The smallest absolute Gasteiger partial charge is 0.236 e. The molecule has 1 aromatic carbocycles. The van der Waals surface area contributed by atoms with E-state index < -0.39 is 0 Å². The molecular weight excluding hydrogens is 384 g/mol. The van der Waals surface area contributed by atoms with Crippen LogP contribution in [0.5, 0.6) is 0 Å². The minimum Gasteiger partial charge on any atom is -0.354 e. The first-order valence-corrected chi connectivity index (χ1v) is 9.52. The summed E-state index contributed by atoms with van der Waals surface area (Å²) in [5.41, 5.74) is 7.16. The molecule has 0 heterocycles. The molecule has 1 amide bonds. The molecule has 2 atom stereocenters. The van der Waals surface area contributed by atoms with Crippen LogP contribution in [0.4, 0.5) is 0 Å². The third-order valence-corrected chi connectivity index (χ3v) is 4.66. The van der Waals surface area contributed by atoms with Gasteiger partial charge in [0.15, 0.2) is 0 Å². The van der Waals surface area contributed by atoms with Crippen LogP contribution in [-0.2, 0) is 11.2 Å². The van der Waals surface area contributed by atoms with Crippen molar-refractivity contribution in [3.63, 3.8) is 0 Å². The first kappa shape index (κ1) is 21.8. The van der Waals surface area contributed by atoms with Crippen molar-refractivity contribution in [1.29, 1.82) is 0 Å². The van der Waals surface area contributed by atoms with Gasteiger partial charge in [-0.05, 0) is 48.5 Å². The van der Waals surface area contributed by atoms with Gasteiger partial charge in [-0.15, -0.1) is 12.4 Å². The minimum absolute atomic E-state index is 0. The molecule has 3 nitrogen and oxygen atoms in total. The number of carbonyl (C=O) groups is 1. The molecule has 1 rings (SSSR count). The number of benzene rings is 1. The normalized spacial score (nSPS) is 13.1. The summed E-state index contributed by atoms with van der Waals surface area (Å²) < 4.78 is 1.10. The van der Waals surface area contributed by atoms with E-state index in [2.05, 4.69) is 40.3 Å². The summed E-state index contributed by atoms with van der Waals surface area (Å²) in [6.45, 7) is 2.84. The number of carbonyl (C=O) groups excluding carboxylic acids is 1. The highest BCUT2D eigenvalue weighted by Gasteiger charge is 2.15. The van der Waals surface area contributed by atoms with Crippen molar-refractivity contribution < 1.29 is 4.79 Å². The second-order valence-corrected chi connectivity index (χ2v) is 7.14. The fraction of sp³-hybridized carbons (Fsp3) is 0.562. The number of hydrogen-bond acceptors (Lipinski definition) is 3. The third-order valence-electron chi connectivity index (χ3n) is 3.53. The van der Waals surface area contributed by atoms with Crippen LogP contribution in [0.2, 0.25) is 0 Å². The van der Waals surface area contributed by atoms with E-state index in [1.54, 1.807) is 11.8 Å². The Morgan fingerprint density at radius 2 is 2.18 bits per heavy atom. The molecule has 0 radical (unpaired) electrons. The maximum absolute atomic E-state index is 11.9. The van der Waals surface area contributed by atoms with Crippen molar-refractivity contribution in [2.24, 2.45) is 11.7 Å². The van der Waals surface area contributed by atoms with E-state index in [4.69, 9.17) is 5.73 Å². The molecule has 0 spiro atoms. The fourth-order valence-corrected chi connectivity index (χ4v) is 3.05. The van der Waals surface area contributed by atoms with Gasteiger partial charge in [0, 0.05) is 11.0 Å². The van der Waals surface area contributed by atoms with Gasteiger partial charge in [-0.2, -0.15) is 11.8 Å². The summed E-state index contributed by atoms with van der Waals surface area (Å²) >= 11 is 5.21. The summed E-state index contributed by atoms with van der Waals surface area (Å²) in [5.74, 6) is 1.33. The highest BCUT2D eigenvalue weighted by molar-refractivity contribution is 9.10. The first-order chi connectivity index (χ1) is 10.1. The standard InChI is InChI=1S/C16H25BrN2OS.ClH/c1-3-12(9-13-5-4-6-14(17)10-13)11-19-16(20)15(18)7-8-21-2;/h4-6,10,12,15H,3,7-9,11,18H2,1-2H3,(H,19,20);1H/t12?,15-;/m0./s1. The zero-order chi connectivity index (χ0) is 15.7. The average Bonchev–Trinajstić information content (AvgIpc) is 2.48. The lowest BCUT2D eigenvalue weighted by Gasteiger charge is -2.18. The second kappa shape index (κ2) is 12.2. The molecule has 1 aromatic rings. The van der Waals surface area contributed by atoms with Gasteiger partial charge in [0.2, 0.25) is 5.91 Å². The van der Waals surface area contributed by atoms with E-state index in [1.807, 2.05) is 18.4 Å². The lowest BCUT2D eigenvalue weighted by atomic mass is 9.97. The van der Waals surface area contributed by atoms with Gasteiger partial charge in [0.1, 0.15) is 0 Å². The number of hydrogen-bond donors (Lipinski definition) is 2. The molecule has 0 saturated heterocycles. The van der Waals surface area contributed by atoms with E-state index in [0.29, 0.717) is 12.5 Å². The van der Waals surface area contributed by atoms with E-state index in [-0.39, 0.29) is 24.4 Å². The van der Waals surface area contributed by atoms with Gasteiger partial charge in [0.05, 0.1) is 6.04 Å². The van der Waals surface area contributed by atoms with Gasteiger partial charge < -0.3 is 11.1 Å². The molecule has 0 aliphatic carbocycles. The number of halogens is 2. The fourth-order valence-electron chi connectivity index (χ4n) is 2.11. The quantitative estimate of drug-likeness (QED) is 0.654. The van der Waals surface area contributed by atoms with E-state index >= 15 is 0 Å². The maximum Gasteiger partial charge on any atom is 0.236 e. The van der Waals surface area contributed by atoms with Gasteiger partial charge in [-0.3, -0.25) is 4.79 Å². The Morgan fingerprint density at radius 1 is 1.45 bits per heavy atom. The van der Waals surface area contributed by atoms with Crippen molar-refractivity contribution >= 4 is 46.0 Å². The van der Waals surface area contributed by atoms with E-state index in [1.165, 1.54) is 5.56 Å². The zero-order valence-corrected chi connectivity index (χ0v) is 16.4. The predicted octanol–water partition coefficient (Wildman–Crippen LogP) is 3.64.